The molecule has 4 nitrogen and oxygen atoms in total. The predicted octanol–water partition coefficient (Wildman–Crippen LogP) is 4.05. The van der Waals surface area contributed by atoms with E-state index in [4.69, 9.17) is 16.6 Å². The fraction of sp³-hybridized carbons (Fsp3) is 0.733. The van der Waals surface area contributed by atoms with Crippen LogP contribution in [0.3, 0.4) is 0 Å². The first-order valence-corrected chi connectivity index (χ1v) is 8.00. The maximum absolute atomic E-state index is 6.14. The van der Waals surface area contributed by atoms with Crippen molar-refractivity contribution in [1.29, 1.82) is 0 Å². The van der Waals surface area contributed by atoms with Gasteiger partial charge in [0.15, 0.2) is 5.65 Å². The minimum Gasteiger partial charge on any atom is -0.309 e. The number of alkyl halides is 1. The molecule has 1 atom stereocenters. The third kappa shape index (κ3) is 2.05. The Morgan fingerprint density at radius 3 is 2.70 bits per heavy atom. The molecule has 20 heavy (non-hydrogen) atoms. The number of aryl methyl sites for hydroxylation is 2. The highest BCUT2D eigenvalue weighted by molar-refractivity contribution is 6.16. The molecule has 0 N–H and O–H groups in total. The number of nitrogens with zero attached hydrogens (tertiary/aromatic N) is 4. The lowest BCUT2D eigenvalue weighted by molar-refractivity contribution is 0.358. The van der Waals surface area contributed by atoms with Gasteiger partial charge in [0.25, 0.3) is 0 Å². The predicted molar refractivity (Wildman–Crippen MR) is 82.2 cm³/mol. The average molecular weight is 295 g/mol. The summed E-state index contributed by atoms with van der Waals surface area (Å²) in [6, 6.07) is 0.505. The minimum atomic E-state index is 0.414. The molecule has 1 fully saturated rings. The molecule has 0 saturated heterocycles. The summed E-state index contributed by atoms with van der Waals surface area (Å²) >= 11 is 6.14. The first-order chi connectivity index (χ1) is 9.46. The molecule has 2 heterocycles. The second kappa shape index (κ2) is 4.76. The van der Waals surface area contributed by atoms with E-state index in [1.165, 1.54) is 19.3 Å². The zero-order chi connectivity index (χ0) is 14.5. The van der Waals surface area contributed by atoms with Crippen LogP contribution in [-0.2, 0) is 12.4 Å². The van der Waals surface area contributed by atoms with Crippen LogP contribution in [0.5, 0.6) is 0 Å². The Kier molecular flexibility index (Phi) is 3.32. The van der Waals surface area contributed by atoms with E-state index in [1.54, 1.807) is 0 Å². The smallest absolute Gasteiger partial charge is 0.159 e. The maximum atomic E-state index is 6.14. The van der Waals surface area contributed by atoms with Gasteiger partial charge in [0, 0.05) is 12.6 Å². The molecule has 0 aromatic carbocycles. The molecule has 0 bridgehead atoms. The highest BCUT2D eigenvalue weighted by atomic mass is 35.5. The van der Waals surface area contributed by atoms with Gasteiger partial charge in [0.2, 0.25) is 0 Å². The summed E-state index contributed by atoms with van der Waals surface area (Å²) in [5, 5.41) is 4.60. The lowest BCUT2D eigenvalue weighted by Crippen LogP contribution is -2.14. The highest BCUT2D eigenvalue weighted by Gasteiger charge is 2.34. The molecule has 5 heteroatoms. The van der Waals surface area contributed by atoms with E-state index in [1.807, 2.05) is 6.92 Å². The van der Waals surface area contributed by atoms with Gasteiger partial charge in [-0.15, -0.1) is 11.6 Å². The van der Waals surface area contributed by atoms with E-state index in [9.17, 15) is 0 Å². The largest absolute Gasteiger partial charge is 0.309 e. The number of fused-ring (bicyclic) bond motifs is 1. The van der Waals surface area contributed by atoms with Crippen LogP contribution in [0.15, 0.2) is 0 Å². The summed E-state index contributed by atoms with van der Waals surface area (Å²) in [6.07, 6.45) is 3.66. The molecule has 2 aromatic rings. The van der Waals surface area contributed by atoms with Gasteiger partial charge >= 0.3 is 0 Å². The molecule has 0 amide bonds. The number of imidazole rings is 1. The second-order valence-corrected chi connectivity index (χ2v) is 6.93. The third-order valence-electron chi connectivity index (χ3n) is 4.54. The fourth-order valence-corrected chi connectivity index (χ4v) is 3.74. The normalized spacial score (nSPS) is 21.9. The van der Waals surface area contributed by atoms with E-state index < -0.39 is 0 Å². The summed E-state index contributed by atoms with van der Waals surface area (Å²) in [5.74, 6) is 1.46. The summed E-state index contributed by atoms with van der Waals surface area (Å²) < 4.78 is 4.43. The van der Waals surface area contributed by atoms with Crippen LogP contribution < -0.4 is 0 Å². The SMILES string of the molecule is CCn1nc(C)c2nc(CCl)n(C3CCC(C)(C)C3)c21. The van der Waals surface area contributed by atoms with E-state index in [2.05, 4.69) is 35.1 Å². The van der Waals surface area contributed by atoms with Gasteiger partial charge in [-0.3, -0.25) is 0 Å². The number of hydrogen-bond acceptors (Lipinski definition) is 2. The van der Waals surface area contributed by atoms with Crippen LogP contribution in [0.2, 0.25) is 0 Å². The van der Waals surface area contributed by atoms with Gasteiger partial charge in [0.1, 0.15) is 11.3 Å². The number of aromatic nitrogens is 4. The summed E-state index contributed by atoms with van der Waals surface area (Å²) in [7, 11) is 0. The van der Waals surface area contributed by atoms with Crippen molar-refractivity contribution in [3.05, 3.63) is 11.5 Å². The standard InChI is InChI=1S/C15H23ClN4/c1-5-19-14-13(10(2)18-19)17-12(9-16)20(14)11-6-7-15(3,4)8-11/h11H,5-9H2,1-4H3. The van der Waals surface area contributed by atoms with Crippen LogP contribution in [-0.4, -0.2) is 19.3 Å². The van der Waals surface area contributed by atoms with Crippen molar-refractivity contribution in [3.63, 3.8) is 0 Å². The molecule has 1 saturated carbocycles. The molecule has 3 rings (SSSR count). The van der Waals surface area contributed by atoms with E-state index in [0.717, 1.165) is 29.2 Å². The van der Waals surface area contributed by atoms with Gasteiger partial charge in [-0.05, 0) is 38.5 Å². The Balaban J connectivity index is 2.17. The molecule has 1 unspecified atom stereocenters. The van der Waals surface area contributed by atoms with Crippen molar-refractivity contribution in [2.75, 3.05) is 0 Å². The topological polar surface area (TPSA) is 35.6 Å². The van der Waals surface area contributed by atoms with Crippen molar-refractivity contribution in [2.24, 2.45) is 5.41 Å². The molecule has 0 aliphatic heterocycles. The van der Waals surface area contributed by atoms with Crippen LogP contribution >= 0.6 is 11.6 Å². The van der Waals surface area contributed by atoms with Crippen LogP contribution in [0, 0.1) is 12.3 Å². The Hall–Kier alpha value is -1.03. The quantitative estimate of drug-likeness (QED) is 0.801. The van der Waals surface area contributed by atoms with Gasteiger partial charge in [0.05, 0.1) is 11.6 Å². The van der Waals surface area contributed by atoms with Crippen molar-refractivity contribution < 1.29 is 0 Å². The van der Waals surface area contributed by atoms with Crippen LogP contribution in [0.4, 0.5) is 0 Å². The third-order valence-corrected chi connectivity index (χ3v) is 4.78. The maximum Gasteiger partial charge on any atom is 0.159 e. The molecule has 110 valence electrons. The monoisotopic (exact) mass is 294 g/mol. The zero-order valence-electron chi connectivity index (χ0n) is 12.8. The van der Waals surface area contributed by atoms with Gasteiger partial charge < -0.3 is 4.57 Å². The zero-order valence-corrected chi connectivity index (χ0v) is 13.5. The fourth-order valence-electron chi connectivity index (χ4n) is 3.55. The van der Waals surface area contributed by atoms with E-state index in [0.29, 0.717) is 17.3 Å². The molecular formula is C15H23ClN4. The molecule has 0 spiro atoms. The Labute approximate surface area is 125 Å². The molecule has 1 aliphatic carbocycles. The summed E-state index contributed by atoms with van der Waals surface area (Å²) in [6.45, 7) is 9.73. The van der Waals surface area contributed by atoms with Crippen LogP contribution in [0.25, 0.3) is 11.2 Å². The Morgan fingerprint density at radius 1 is 1.40 bits per heavy atom. The van der Waals surface area contributed by atoms with E-state index >= 15 is 0 Å². The molecular weight excluding hydrogens is 272 g/mol. The van der Waals surface area contributed by atoms with Crippen molar-refractivity contribution in [3.8, 4) is 0 Å². The lowest BCUT2D eigenvalue weighted by Gasteiger charge is -2.20. The first-order valence-electron chi connectivity index (χ1n) is 7.47. The molecule has 2 aromatic heterocycles. The number of rotatable bonds is 3. The van der Waals surface area contributed by atoms with Gasteiger partial charge in [-0.1, -0.05) is 13.8 Å². The van der Waals surface area contributed by atoms with Crippen molar-refractivity contribution in [1.82, 2.24) is 19.3 Å². The number of halogens is 1. The number of hydrogen-bond donors (Lipinski definition) is 0. The lowest BCUT2D eigenvalue weighted by atomic mass is 9.92. The van der Waals surface area contributed by atoms with E-state index in [-0.39, 0.29) is 0 Å². The first kappa shape index (κ1) is 13.9. The van der Waals surface area contributed by atoms with Gasteiger partial charge in [-0.25, -0.2) is 9.67 Å². The van der Waals surface area contributed by atoms with Crippen LogP contribution in [0.1, 0.15) is 57.6 Å². The molecule has 1 aliphatic rings. The van der Waals surface area contributed by atoms with Crippen molar-refractivity contribution >= 4 is 22.8 Å². The van der Waals surface area contributed by atoms with Crippen molar-refractivity contribution in [2.45, 2.75) is 65.4 Å². The second-order valence-electron chi connectivity index (χ2n) is 6.67. The summed E-state index contributed by atoms with van der Waals surface area (Å²) in [5.41, 5.74) is 3.59. The summed E-state index contributed by atoms with van der Waals surface area (Å²) in [4.78, 5) is 4.74. The Bertz CT molecular complexity index is 638. The van der Waals surface area contributed by atoms with Gasteiger partial charge in [-0.2, -0.15) is 5.10 Å². The average Bonchev–Trinajstić information content (AvgIpc) is 3.02. The highest BCUT2D eigenvalue weighted by Crippen LogP contribution is 2.45. The Morgan fingerprint density at radius 2 is 2.15 bits per heavy atom. The molecule has 0 radical (unpaired) electrons. The minimum absolute atomic E-state index is 0.414.